The fourth-order valence-electron chi connectivity index (χ4n) is 1.98. The van der Waals surface area contributed by atoms with Crippen LogP contribution in [0.15, 0.2) is 28.1 Å². The third kappa shape index (κ3) is 3.72. The Kier molecular flexibility index (Phi) is 4.46. The molecule has 7 nitrogen and oxygen atoms in total. The average molecular weight is 311 g/mol. The minimum Gasteiger partial charge on any atom is -0.480 e. The van der Waals surface area contributed by atoms with E-state index >= 15 is 0 Å². The second kappa shape index (κ2) is 6.13. The van der Waals surface area contributed by atoms with Crippen LogP contribution < -0.4 is 10.0 Å². The third-order valence-corrected chi connectivity index (χ3v) is 4.39. The van der Waals surface area contributed by atoms with Gasteiger partial charge in [0.2, 0.25) is 5.96 Å². The molecule has 0 spiro atoms. The monoisotopic (exact) mass is 311 g/mol. The molecule has 0 atom stereocenters. The molecule has 1 aliphatic heterocycles. The lowest BCUT2D eigenvalue weighted by molar-refractivity contribution is -0.135. The summed E-state index contributed by atoms with van der Waals surface area (Å²) < 4.78 is 26.6. The topological polar surface area (TPSA) is 108 Å². The zero-order valence-electron chi connectivity index (χ0n) is 11.6. The van der Waals surface area contributed by atoms with Crippen molar-refractivity contribution in [3.63, 3.8) is 0 Å². The van der Waals surface area contributed by atoms with Gasteiger partial charge in [-0.1, -0.05) is 19.4 Å². The van der Waals surface area contributed by atoms with Crippen molar-refractivity contribution < 1.29 is 18.3 Å². The Morgan fingerprint density at radius 1 is 1.38 bits per heavy atom. The molecule has 1 aromatic rings. The molecule has 0 radical (unpaired) electrons. The molecule has 8 heteroatoms. The van der Waals surface area contributed by atoms with Crippen molar-refractivity contribution in [2.45, 2.75) is 31.1 Å². The van der Waals surface area contributed by atoms with Gasteiger partial charge in [-0.25, -0.2) is 18.1 Å². The molecule has 0 aromatic heterocycles. The normalized spacial score (nSPS) is 17.7. The molecule has 1 aliphatic rings. The van der Waals surface area contributed by atoms with Gasteiger partial charge in [-0.3, -0.25) is 4.79 Å². The number of anilines is 1. The highest BCUT2D eigenvalue weighted by Gasteiger charge is 2.26. The summed E-state index contributed by atoms with van der Waals surface area (Å²) in [5.41, 5.74) is 1.35. The van der Waals surface area contributed by atoms with Crippen LogP contribution in [-0.2, 0) is 21.2 Å². The number of sulfonamides is 1. The van der Waals surface area contributed by atoms with E-state index in [-0.39, 0.29) is 10.9 Å². The molecule has 114 valence electrons. The average Bonchev–Trinajstić information content (AvgIpc) is 2.42. The van der Waals surface area contributed by atoms with Gasteiger partial charge in [0.05, 0.1) is 5.69 Å². The lowest BCUT2D eigenvalue weighted by Crippen LogP contribution is -2.41. The Labute approximate surface area is 123 Å². The van der Waals surface area contributed by atoms with Crippen LogP contribution >= 0.6 is 0 Å². The first-order chi connectivity index (χ1) is 9.92. The molecular formula is C13H17N3O4S. The van der Waals surface area contributed by atoms with Gasteiger partial charge in [-0.05, 0) is 30.5 Å². The molecule has 0 saturated carbocycles. The number of aliphatic imine (C=N–C) groups is 1. The number of benzene rings is 1. The molecule has 3 N–H and O–H groups in total. The standard InChI is InChI=1S/C13H17N3O4S/c1-2-3-4-9-5-6-10-11(7-9)21(19,20)16-13(15-10)14-8-12(17)18/h5-7H,2-4,8H2,1H3,(H,17,18)(H2,14,15,16). The number of nitrogens with zero attached hydrogens (tertiary/aromatic N) is 1. The molecule has 0 fully saturated rings. The number of nitrogens with one attached hydrogen (secondary N) is 2. The summed E-state index contributed by atoms with van der Waals surface area (Å²) >= 11 is 0. The van der Waals surface area contributed by atoms with E-state index in [0.29, 0.717) is 5.69 Å². The minimum atomic E-state index is -3.72. The summed E-state index contributed by atoms with van der Waals surface area (Å²) in [6.07, 6.45) is 2.84. The van der Waals surface area contributed by atoms with Crippen molar-refractivity contribution >= 4 is 27.6 Å². The van der Waals surface area contributed by atoms with Crippen molar-refractivity contribution in [3.8, 4) is 0 Å². The molecule has 0 aliphatic carbocycles. The largest absolute Gasteiger partial charge is 0.480 e. The Balaban J connectivity index is 2.31. The number of aliphatic carboxylic acids is 1. The van der Waals surface area contributed by atoms with E-state index in [0.717, 1.165) is 24.8 Å². The smallest absolute Gasteiger partial charge is 0.325 e. The molecule has 0 saturated heterocycles. The second-order valence-corrected chi connectivity index (χ2v) is 6.37. The van der Waals surface area contributed by atoms with Gasteiger partial charge in [-0.15, -0.1) is 0 Å². The van der Waals surface area contributed by atoms with E-state index in [1.165, 1.54) is 0 Å². The van der Waals surface area contributed by atoms with Crippen LogP contribution in [0.1, 0.15) is 25.3 Å². The van der Waals surface area contributed by atoms with Crippen molar-refractivity contribution in [3.05, 3.63) is 23.8 Å². The van der Waals surface area contributed by atoms with E-state index in [4.69, 9.17) is 5.11 Å². The summed E-state index contributed by atoms with van der Waals surface area (Å²) in [4.78, 5) is 14.3. The van der Waals surface area contributed by atoms with Gasteiger partial charge in [0, 0.05) is 0 Å². The number of guanidine groups is 1. The maximum absolute atomic E-state index is 12.2. The van der Waals surface area contributed by atoms with Gasteiger partial charge in [0.25, 0.3) is 10.0 Å². The third-order valence-electron chi connectivity index (χ3n) is 3.01. The summed E-state index contributed by atoms with van der Waals surface area (Å²) in [7, 11) is -3.72. The fourth-order valence-corrected chi connectivity index (χ4v) is 3.18. The highest BCUT2D eigenvalue weighted by Crippen LogP contribution is 2.26. The SMILES string of the molecule is CCCCc1ccc2c(c1)S(=O)(=O)NC(=NCC(=O)O)N2. The maximum atomic E-state index is 12.2. The van der Waals surface area contributed by atoms with Crippen LogP contribution in [0.25, 0.3) is 0 Å². The number of aryl methyl sites for hydroxylation is 1. The van der Waals surface area contributed by atoms with Crippen molar-refractivity contribution in [1.82, 2.24) is 4.72 Å². The van der Waals surface area contributed by atoms with E-state index in [1.54, 1.807) is 12.1 Å². The van der Waals surface area contributed by atoms with Gasteiger partial charge in [-0.2, -0.15) is 0 Å². The highest BCUT2D eigenvalue weighted by molar-refractivity contribution is 7.90. The number of hydrogen-bond donors (Lipinski definition) is 3. The lowest BCUT2D eigenvalue weighted by atomic mass is 10.1. The van der Waals surface area contributed by atoms with Gasteiger partial charge >= 0.3 is 5.97 Å². The highest BCUT2D eigenvalue weighted by atomic mass is 32.2. The first-order valence-corrected chi connectivity index (χ1v) is 8.09. The lowest BCUT2D eigenvalue weighted by Gasteiger charge is -2.22. The predicted molar refractivity (Wildman–Crippen MR) is 78.9 cm³/mol. The van der Waals surface area contributed by atoms with E-state index in [1.807, 2.05) is 6.07 Å². The first-order valence-electron chi connectivity index (χ1n) is 6.61. The van der Waals surface area contributed by atoms with Crippen LogP contribution in [0, 0.1) is 0 Å². The second-order valence-electron chi connectivity index (χ2n) is 4.72. The van der Waals surface area contributed by atoms with Gasteiger partial charge in [0.15, 0.2) is 0 Å². The number of unbranched alkanes of at least 4 members (excludes halogenated alkanes) is 1. The number of carbonyl (C=O) groups is 1. The Bertz CT molecular complexity index is 683. The molecule has 21 heavy (non-hydrogen) atoms. The van der Waals surface area contributed by atoms with Gasteiger partial charge in [0.1, 0.15) is 11.4 Å². The number of fused-ring (bicyclic) bond motifs is 1. The number of hydrogen-bond acceptors (Lipinski definition) is 4. The van der Waals surface area contributed by atoms with Crippen molar-refractivity contribution in [2.75, 3.05) is 11.9 Å². The predicted octanol–water partition coefficient (Wildman–Crippen LogP) is 1.17. The summed E-state index contributed by atoms with van der Waals surface area (Å²) in [5, 5.41) is 11.4. The fraction of sp³-hybridized carbons (Fsp3) is 0.385. The van der Waals surface area contributed by atoms with E-state index < -0.39 is 22.5 Å². The maximum Gasteiger partial charge on any atom is 0.325 e. The first kappa shape index (κ1) is 15.3. The zero-order chi connectivity index (χ0) is 15.5. The Morgan fingerprint density at radius 2 is 2.14 bits per heavy atom. The molecule has 2 rings (SSSR count). The number of rotatable bonds is 5. The molecule has 0 unspecified atom stereocenters. The number of carboxylic acid groups (broad SMARTS) is 1. The van der Waals surface area contributed by atoms with Crippen LogP contribution in [0.3, 0.4) is 0 Å². The van der Waals surface area contributed by atoms with Gasteiger partial charge < -0.3 is 10.4 Å². The molecular weight excluding hydrogens is 294 g/mol. The minimum absolute atomic E-state index is 0.0776. The van der Waals surface area contributed by atoms with Crippen molar-refractivity contribution in [2.24, 2.45) is 4.99 Å². The zero-order valence-corrected chi connectivity index (χ0v) is 12.4. The quantitative estimate of drug-likeness (QED) is 0.756. The van der Waals surface area contributed by atoms with Crippen LogP contribution in [0.2, 0.25) is 0 Å². The number of carboxylic acids is 1. The van der Waals surface area contributed by atoms with Crippen LogP contribution in [0.5, 0.6) is 0 Å². The van der Waals surface area contributed by atoms with E-state index in [9.17, 15) is 13.2 Å². The van der Waals surface area contributed by atoms with Crippen LogP contribution in [-0.4, -0.2) is 32.0 Å². The Morgan fingerprint density at radius 3 is 2.81 bits per heavy atom. The summed E-state index contributed by atoms with van der Waals surface area (Å²) in [5.74, 6) is -1.21. The molecule has 1 aromatic carbocycles. The summed E-state index contributed by atoms with van der Waals surface area (Å²) in [6, 6.07) is 5.17. The summed E-state index contributed by atoms with van der Waals surface area (Å²) in [6.45, 7) is 1.57. The van der Waals surface area contributed by atoms with E-state index in [2.05, 4.69) is 22.0 Å². The Hall–Kier alpha value is -2.09. The molecule has 0 amide bonds. The van der Waals surface area contributed by atoms with Crippen molar-refractivity contribution in [1.29, 1.82) is 0 Å². The van der Waals surface area contributed by atoms with Crippen LogP contribution in [0.4, 0.5) is 5.69 Å². The molecule has 1 heterocycles. The molecule has 0 bridgehead atoms.